The third-order valence-corrected chi connectivity index (χ3v) is 15.3. The van der Waals surface area contributed by atoms with E-state index < -0.39 is 27.4 Å². The lowest BCUT2D eigenvalue weighted by Gasteiger charge is -2.31. The number of allylic oxidation sites excluding steroid dienone is 7. The molecule has 9 nitrogen and oxygen atoms in total. The molecule has 3 N–H and O–H groups in total. The molecule has 0 fully saturated rings. The van der Waals surface area contributed by atoms with E-state index in [9.17, 15) is 26.9 Å². The van der Waals surface area contributed by atoms with Crippen LogP contribution < -0.4 is 4.90 Å². The number of para-hydroxylation sites is 2. The monoisotopic (exact) mass is 889 g/mol. The largest absolute Gasteiger partial charge is 0.457 e. The first-order valence-corrected chi connectivity index (χ1v) is 25.5. The Bertz CT molecular complexity index is 2170. The fraction of sp³-hybridized carbons (Fsp3) is 0.510. The molecule has 0 amide bonds. The average molecular weight is 890 g/mol. The molecule has 12 heteroatoms. The Labute approximate surface area is 373 Å². The maximum atomic E-state index is 13.0. The number of ether oxygens (including phenoxy) is 1. The summed E-state index contributed by atoms with van der Waals surface area (Å²) in [6.07, 6.45) is 19.1. The Morgan fingerprint density at radius 3 is 2.48 bits per heavy atom. The van der Waals surface area contributed by atoms with Gasteiger partial charge in [0.25, 0.3) is 0 Å². The minimum Gasteiger partial charge on any atom is -0.457 e. The summed E-state index contributed by atoms with van der Waals surface area (Å²) in [4.78, 5) is 15.4. The van der Waals surface area contributed by atoms with Gasteiger partial charge < -0.3 is 23.3 Å². The summed E-state index contributed by atoms with van der Waals surface area (Å²) in [5.74, 6) is 2.76. The molecule has 0 saturated carbocycles. The zero-order valence-corrected chi connectivity index (χ0v) is 39.0. The van der Waals surface area contributed by atoms with Crippen molar-refractivity contribution >= 4 is 57.1 Å². The van der Waals surface area contributed by atoms with Crippen LogP contribution in [0.15, 0.2) is 107 Å². The molecule has 2 aliphatic heterocycles. The molecule has 2 aromatic rings. The van der Waals surface area contributed by atoms with Crippen molar-refractivity contribution in [3.63, 3.8) is 0 Å². The zero-order chi connectivity index (χ0) is 43.7. The molecule has 2 aromatic carbocycles. The van der Waals surface area contributed by atoms with Crippen LogP contribution in [0.25, 0.3) is 0 Å². The van der Waals surface area contributed by atoms with E-state index >= 15 is 0 Å². The SMILES string of the molecule is CCC(C)C(=O)CCCC1(C)/C(=C\C=C2/CCCC(CCC3=[N+](CCCS(=O)O)c4ccccc4C3(C)C)=C2OC2=CCC(S(=O)O)C=C2)N(CCCSO)c2ccccc21. The fourth-order valence-electron chi connectivity index (χ4n) is 9.68. The number of nitrogens with zero attached hydrogens (tertiary/aromatic N) is 2. The number of hydrogen-bond acceptors (Lipinski definition) is 7. The van der Waals surface area contributed by atoms with Crippen LogP contribution in [-0.4, -0.2) is 68.0 Å². The van der Waals surface area contributed by atoms with E-state index in [-0.39, 0.29) is 22.5 Å². The molecule has 6 rings (SSSR count). The van der Waals surface area contributed by atoms with E-state index in [1.165, 1.54) is 33.8 Å². The third kappa shape index (κ3) is 10.9. The standard InChI is InChI=1S/C49H64N2O7S3/c1-6-35(2)44(52)21-12-30-49(5)41-18-8-10-20-43(41)51(31-13-33-59-53)46(49)29-23-37-16-11-15-36(47(37)58-38-24-26-39(27-25-38)61(56)57)22-28-45-48(3,4)40-17-7-9-19-42(40)50(45)32-14-34-60(54)55/h7-10,17-20,23-26,29,35,39H,6,11-16,21-22,27-28,30-34H2,1-5H3,(H2-,53,54,55,56,57)/p+1/b37-23+,46-29+. The van der Waals surface area contributed by atoms with Crippen molar-refractivity contribution in [2.45, 2.75) is 128 Å². The molecule has 4 aliphatic rings. The maximum Gasteiger partial charge on any atom is 0.209 e. The van der Waals surface area contributed by atoms with Crippen molar-refractivity contribution in [1.82, 2.24) is 0 Å². The van der Waals surface area contributed by atoms with Gasteiger partial charge in [-0.15, -0.1) is 0 Å². The number of ketones is 1. The fourth-order valence-corrected chi connectivity index (χ4v) is 10.8. The summed E-state index contributed by atoms with van der Waals surface area (Å²) in [6, 6.07) is 17.1. The molecule has 2 aliphatic carbocycles. The number of benzene rings is 2. The Balaban J connectivity index is 1.40. The third-order valence-electron chi connectivity index (χ3n) is 13.3. The number of fused-ring (bicyclic) bond motifs is 2. The van der Waals surface area contributed by atoms with E-state index in [0.29, 0.717) is 43.1 Å². The van der Waals surface area contributed by atoms with Gasteiger partial charge in [0.15, 0.2) is 27.9 Å². The smallest absolute Gasteiger partial charge is 0.209 e. The Hall–Kier alpha value is -3.39. The minimum absolute atomic E-state index is 0.0575. The molecule has 5 unspecified atom stereocenters. The van der Waals surface area contributed by atoms with Gasteiger partial charge in [0.05, 0.1) is 16.4 Å². The molecule has 0 bridgehead atoms. The number of carbonyl (C=O) groups is 1. The second-order valence-electron chi connectivity index (χ2n) is 17.6. The van der Waals surface area contributed by atoms with Crippen LogP contribution in [0.3, 0.4) is 0 Å². The lowest BCUT2D eigenvalue weighted by Crippen LogP contribution is -2.30. The quantitative estimate of drug-likeness (QED) is 0.0486. The Kier molecular flexibility index (Phi) is 16.5. The Morgan fingerprint density at radius 2 is 1.77 bits per heavy atom. The first kappa shape index (κ1) is 47.1. The van der Waals surface area contributed by atoms with Crippen molar-refractivity contribution in [1.29, 1.82) is 0 Å². The highest BCUT2D eigenvalue weighted by atomic mass is 32.2. The van der Waals surface area contributed by atoms with Crippen LogP contribution >= 0.6 is 12.0 Å². The molecule has 0 spiro atoms. The normalized spacial score (nSPS) is 23.6. The van der Waals surface area contributed by atoms with Crippen LogP contribution in [0.5, 0.6) is 0 Å². The average Bonchev–Trinajstić information content (AvgIpc) is 3.61. The highest BCUT2D eigenvalue weighted by Gasteiger charge is 2.45. The van der Waals surface area contributed by atoms with Crippen molar-refractivity contribution in [2.24, 2.45) is 5.92 Å². The molecule has 330 valence electrons. The van der Waals surface area contributed by atoms with E-state index in [4.69, 9.17) is 4.74 Å². The predicted octanol–water partition coefficient (Wildman–Crippen LogP) is 11.3. The predicted molar refractivity (Wildman–Crippen MR) is 252 cm³/mol. The number of rotatable bonds is 21. The number of hydrogen-bond donors (Lipinski definition) is 3. The highest BCUT2D eigenvalue weighted by Crippen LogP contribution is 2.51. The molecule has 5 atom stereocenters. The zero-order valence-electron chi connectivity index (χ0n) is 36.6. The molecular formula is C49H65N2O7S3+. The maximum absolute atomic E-state index is 13.0. The van der Waals surface area contributed by atoms with Crippen molar-refractivity contribution in [3.05, 3.63) is 118 Å². The molecule has 0 radical (unpaired) electrons. The lowest BCUT2D eigenvalue weighted by atomic mass is 9.76. The van der Waals surface area contributed by atoms with Gasteiger partial charge in [-0.1, -0.05) is 62.4 Å². The summed E-state index contributed by atoms with van der Waals surface area (Å²) >= 11 is -2.94. The Morgan fingerprint density at radius 1 is 1.02 bits per heavy atom. The van der Waals surface area contributed by atoms with Crippen molar-refractivity contribution in [3.8, 4) is 0 Å². The second kappa shape index (κ2) is 21.3. The van der Waals surface area contributed by atoms with Gasteiger partial charge in [-0.25, -0.2) is 8.42 Å². The van der Waals surface area contributed by atoms with E-state index in [1.807, 2.05) is 19.1 Å². The van der Waals surface area contributed by atoms with E-state index in [1.54, 1.807) is 6.08 Å². The number of Topliss-reactive ketones (excluding diaryl/α,β-unsaturated/α-hetero) is 1. The minimum atomic E-state index is -1.96. The first-order chi connectivity index (χ1) is 29.3. The van der Waals surface area contributed by atoms with Gasteiger partial charge in [0.1, 0.15) is 23.8 Å². The van der Waals surface area contributed by atoms with Crippen LogP contribution in [0, 0.1) is 5.92 Å². The lowest BCUT2D eigenvalue weighted by molar-refractivity contribution is -0.439. The molecule has 2 heterocycles. The van der Waals surface area contributed by atoms with E-state index in [2.05, 4.69) is 97.9 Å². The molecule has 0 aromatic heterocycles. The van der Waals surface area contributed by atoms with Gasteiger partial charge in [-0.2, -0.15) is 4.58 Å². The van der Waals surface area contributed by atoms with Crippen LogP contribution in [0.1, 0.15) is 123 Å². The topological polar surface area (TPSA) is 127 Å². The second-order valence-corrected chi connectivity index (χ2v) is 20.5. The van der Waals surface area contributed by atoms with E-state index in [0.717, 1.165) is 93.4 Å². The summed E-state index contributed by atoms with van der Waals surface area (Å²) < 4.78 is 61.9. The van der Waals surface area contributed by atoms with Gasteiger partial charge in [-0.05, 0) is 132 Å². The van der Waals surface area contributed by atoms with Crippen LogP contribution in [-0.2, 0) is 42.5 Å². The molecule has 0 saturated heterocycles. The van der Waals surface area contributed by atoms with Gasteiger partial charge in [-0.3, -0.25) is 4.79 Å². The summed E-state index contributed by atoms with van der Waals surface area (Å²) in [5, 5.41) is -0.471. The summed E-state index contributed by atoms with van der Waals surface area (Å²) in [5.41, 5.74) is 9.08. The molecular weight excluding hydrogens is 825 g/mol. The summed E-state index contributed by atoms with van der Waals surface area (Å²) in [7, 11) is 0. The van der Waals surface area contributed by atoms with Crippen LogP contribution in [0.4, 0.5) is 11.4 Å². The van der Waals surface area contributed by atoms with Crippen molar-refractivity contribution < 1.29 is 36.2 Å². The van der Waals surface area contributed by atoms with Gasteiger partial charge in [0, 0.05) is 65.9 Å². The first-order valence-electron chi connectivity index (χ1n) is 22.1. The molecule has 61 heavy (non-hydrogen) atoms. The van der Waals surface area contributed by atoms with Crippen LogP contribution in [0.2, 0.25) is 0 Å². The van der Waals surface area contributed by atoms with Gasteiger partial charge in [0.2, 0.25) is 5.69 Å². The van der Waals surface area contributed by atoms with Gasteiger partial charge >= 0.3 is 0 Å². The summed E-state index contributed by atoms with van der Waals surface area (Å²) in [6.45, 7) is 12.4. The number of anilines is 1. The number of carbonyl (C=O) groups excluding carboxylic acids is 1. The van der Waals surface area contributed by atoms with Crippen molar-refractivity contribution in [2.75, 3.05) is 29.5 Å². The highest BCUT2D eigenvalue weighted by molar-refractivity contribution is 7.93.